The van der Waals surface area contributed by atoms with Crippen LogP contribution in [-0.2, 0) is 4.79 Å². The molecule has 0 saturated carbocycles. The average molecular weight is 370 g/mol. The van der Waals surface area contributed by atoms with Crippen LogP contribution in [0.15, 0.2) is 29.5 Å². The summed E-state index contributed by atoms with van der Waals surface area (Å²) in [6.45, 7) is 0. The van der Waals surface area contributed by atoms with E-state index in [9.17, 15) is 4.79 Å². The van der Waals surface area contributed by atoms with E-state index in [0.29, 0.717) is 5.69 Å². The lowest BCUT2D eigenvalue weighted by Crippen LogP contribution is -2.27. The Balaban J connectivity index is 2.12. The molecule has 1 aromatic rings. The van der Waals surface area contributed by atoms with Gasteiger partial charge in [-0.2, -0.15) is 0 Å². The molecule has 1 atom stereocenters. The number of benzene rings is 1. The van der Waals surface area contributed by atoms with Gasteiger partial charge in [0, 0.05) is 23.7 Å². The molecule has 0 aromatic heterocycles. The highest BCUT2D eigenvalue weighted by molar-refractivity contribution is 14.1. The van der Waals surface area contributed by atoms with Crippen molar-refractivity contribution in [2.45, 2.75) is 31.7 Å². The monoisotopic (exact) mass is 370 g/mol. The third-order valence-corrected chi connectivity index (χ3v) is 4.49. The first-order valence-corrected chi connectivity index (χ1v) is 7.36. The maximum atomic E-state index is 11.2. The zero-order valence-corrected chi connectivity index (χ0v) is 12.6. The van der Waals surface area contributed by atoms with E-state index >= 15 is 0 Å². The van der Waals surface area contributed by atoms with Crippen molar-refractivity contribution in [3.8, 4) is 5.75 Å². The van der Waals surface area contributed by atoms with Crippen LogP contribution < -0.4 is 10.5 Å². The molecule has 1 aliphatic carbocycles. The Bertz CT molecular complexity index is 556. The molecule has 3 rings (SSSR count). The van der Waals surface area contributed by atoms with Crippen LogP contribution in [0.3, 0.4) is 0 Å². The number of nitrogens with two attached hydrogens (primary N) is 1. The van der Waals surface area contributed by atoms with Crippen molar-refractivity contribution in [1.82, 2.24) is 3.11 Å². The number of carbonyl (C=O) groups excluding carboxylic acids is 1. The number of carbonyl (C=O) groups is 1. The molecule has 4 nitrogen and oxygen atoms in total. The van der Waals surface area contributed by atoms with Gasteiger partial charge in [0.1, 0.15) is 11.5 Å². The highest BCUT2D eigenvalue weighted by Crippen LogP contribution is 2.47. The number of rotatable bonds is 2. The van der Waals surface area contributed by atoms with Crippen LogP contribution in [0.4, 0.5) is 5.69 Å². The lowest BCUT2D eigenvalue weighted by Gasteiger charge is -2.35. The Labute approximate surface area is 126 Å². The number of fused-ring (bicyclic) bond motifs is 1. The summed E-state index contributed by atoms with van der Waals surface area (Å²) in [7, 11) is 0. The van der Waals surface area contributed by atoms with E-state index in [1.807, 2.05) is 18.2 Å². The highest BCUT2D eigenvalue weighted by atomic mass is 127. The van der Waals surface area contributed by atoms with Crippen LogP contribution in [0.25, 0.3) is 0 Å². The van der Waals surface area contributed by atoms with Crippen LogP contribution in [0, 0.1) is 0 Å². The molecule has 100 valence electrons. The van der Waals surface area contributed by atoms with Crippen molar-refractivity contribution >= 4 is 35.0 Å². The van der Waals surface area contributed by atoms with Crippen molar-refractivity contribution in [1.29, 1.82) is 0 Å². The van der Waals surface area contributed by atoms with Gasteiger partial charge in [0.25, 0.3) is 0 Å². The summed E-state index contributed by atoms with van der Waals surface area (Å²) in [4.78, 5) is 11.2. The van der Waals surface area contributed by atoms with E-state index < -0.39 is 0 Å². The minimum Gasteiger partial charge on any atom is -0.461 e. The number of hydrogen-bond acceptors (Lipinski definition) is 3. The molecule has 0 saturated heterocycles. The lowest BCUT2D eigenvalue weighted by molar-refractivity contribution is -0.113. The quantitative estimate of drug-likeness (QED) is 0.376. The molecular formula is C14H15IN2O2. The van der Waals surface area contributed by atoms with Gasteiger partial charge in [-0.15, -0.1) is 0 Å². The van der Waals surface area contributed by atoms with Gasteiger partial charge in [-0.1, -0.05) is 6.07 Å². The first kappa shape index (κ1) is 12.8. The SMILES string of the molecule is Nc1ccc2c(c1)OC1=C(CCCC1)C2N(I)C=O. The normalized spacial score (nSPS) is 21.2. The summed E-state index contributed by atoms with van der Waals surface area (Å²) >= 11 is 2.06. The van der Waals surface area contributed by atoms with E-state index in [4.69, 9.17) is 10.5 Å². The van der Waals surface area contributed by atoms with Crippen LogP contribution in [0.5, 0.6) is 5.75 Å². The Kier molecular flexibility index (Phi) is 3.38. The van der Waals surface area contributed by atoms with E-state index in [1.54, 1.807) is 3.11 Å². The van der Waals surface area contributed by atoms with Crippen LogP contribution >= 0.6 is 22.9 Å². The fourth-order valence-corrected chi connectivity index (χ4v) is 3.47. The maximum Gasteiger partial charge on any atom is 0.219 e. The predicted octanol–water partition coefficient (Wildman–Crippen LogP) is 3.34. The lowest BCUT2D eigenvalue weighted by atomic mass is 9.86. The fraction of sp³-hybridized carbons (Fsp3) is 0.357. The fourth-order valence-electron chi connectivity index (χ4n) is 2.84. The minimum atomic E-state index is -0.0160. The number of hydrogen-bond donors (Lipinski definition) is 1. The molecule has 19 heavy (non-hydrogen) atoms. The van der Waals surface area contributed by atoms with Crippen LogP contribution in [0.2, 0.25) is 0 Å². The standard InChI is InChI=1S/C14H15IN2O2/c15-17(8-18)14-10-3-1-2-4-12(10)19-13-7-9(16)5-6-11(13)14/h5-8,14H,1-4,16H2. The summed E-state index contributed by atoms with van der Waals surface area (Å²) in [5.41, 5.74) is 8.77. The first-order valence-electron chi connectivity index (χ1n) is 6.39. The number of anilines is 1. The summed E-state index contributed by atoms with van der Waals surface area (Å²) in [6.07, 6.45) is 5.12. The van der Waals surface area contributed by atoms with E-state index in [0.717, 1.165) is 49.2 Å². The summed E-state index contributed by atoms with van der Waals surface area (Å²) in [5.74, 6) is 1.81. The summed E-state index contributed by atoms with van der Waals surface area (Å²) < 4.78 is 7.69. The molecule has 1 unspecified atom stereocenters. The molecule has 2 N–H and O–H groups in total. The van der Waals surface area contributed by atoms with Gasteiger partial charge in [-0.25, -0.2) is 0 Å². The highest BCUT2D eigenvalue weighted by Gasteiger charge is 2.33. The molecule has 0 spiro atoms. The number of allylic oxidation sites excluding steroid dienone is 1. The maximum absolute atomic E-state index is 11.2. The molecule has 5 heteroatoms. The molecule has 2 aliphatic rings. The van der Waals surface area contributed by atoms with Gasteiger partial charge < -0.3 is 10.5 Å². The van der Waals surface area contributed by atoms with Crippen molar-refractivity contribution in [2.24, 2.45) is 0 Å². The van der Waals surface area contributed by atoms with E-state index in [1.165, 1.54) is 5.57 Å². The third-order valence-electron chi connectivity index (χ3n) is 3.70. The molecule has 0 bridgehead atoms. The van der Waals surface area contributed by atoms with Gasteiger partial charge in [0.2, 0.25) is 6.41 Å². The molecular weight excluding hydrogens is 355 g/mol. The van der Waals surface area contributed by atoms with Crippen molar-refractivity contribution in [3.05, 3.63) is 35.1 Å². The number of nitrogens with zero attached hydrogens (tertiary/aromatic N) is 1. The van der Waals surface area contributed by atoms with Crippen molar-refractivity contribution in [2.75, 3.05) is 5.73 Å². The first-order chi connectivity index (χ1) is 9.20. The van der Waals surface area contributed by atoms with Gasteiger partial charge in [-0.3, -0.25) is 7.91 Å². The van der Waals surface area contributed by atoms with Crippen LogP contribution in [-0.4, -0.2) is 9.52 Å². The molecule has 1 aromatic carbocycles. The van der Waals surface area contributed by atoms with Crippen LogP contribution in [0.1, 0.15) is 37.3 Å². The van der Waals surface area contributed by atoms with E-state index in [2.05, 4.69) is 22.9 Å². The molecule has 0 fully saturated rings. The second kappa shape index (κ2) is 5.03. The number of halogens is 1. The minimum absolute atomic E-state index is 0.0160. The number of ether oxygens (including phenoxy) is 1. The Morgan fingerprint density at radius 1 is 1.37 bits per heavy atom. The Morgan fingerprint density at radius 2 is 2.16 bits per heavy atom. The number of amides is 1. The third kappa shape index (κ3) is 2.20. The van der Waals surface area contributed by atoms with Gasteiger partial charge in [0.15, 0.2) is 0 Å². The average Bonchev–Trinajstić information content (AvgIpc) is 2.43. The summed E-state index contributed by atoms with van der Waals surface area (Å²) in [5, 5.41) is 0. The molecule has 0 radical (unpaired) electrons. The second-order valence-electron chi connectivity index (χ2n) is 4.91. The largest absolute Gasteiger partial charge is 0.461 e. The van der Waals surface area contributed by atoms with Crippen molar-refractivity contribution < 1.29 is 9.53 Å². The van der Waals surface area contributed by atoms with Gasteiger partial charge in [0.05, 0.1) is 28.9 Å². The van der Waals surface area contributed by atoms with Gasteiger partial charge in [-0.05, 0) is 30.9 Å². The Morgan fingerprint density at radius 3 is 2.95 bits per heavy atom. The molecule has 1 amide bonds. The molecule has 1 heterocycles. The zero-order valence-electron chi connectivity index (χ0n) is 10.4. The topological polar surface area (TPSA) is 55.6 Å². The molecule has 1 aliphatic heterocycles. The smallest absolute Gasteiger partial charge is 0.219 e. The second-order valence-corrected chi connectivity index (χ2v) is 6.02. The summed E-state index contributed by atoms with van der Waals surface area (Å²) in [6, 6.07) is 5.65. The van der Waals surface area contributed by atoms with Crippen molar-refractivity contribution in [3.63, 3.8) is 0 Å². The number of nitrogen functional groups attached to an aromatic ring is 1. The predicted molar refractivity (Wildman–Crippen MR) is 81.6 cm³/mol. The van der Waals surface area contributed by atoms with E-state index in [-0.39, 0.29) is 6.04 Å². The Hall–Kier alpha value is -1.24. The van der Waals surface area contributed by atoms with Gasteiger partial charge >= 0.3 is 0 Å². The zero-order chi connectivity index (χ0) is 13.4.